The fraction of sp³-hybridized carbons (Fsp3) is 0.276. The Labute approximate surface area is 229 Å². The summed E-state index contributed by atoms with van der Waals surface area (Å²) >= 11 is 0. The van der Waals surface area contributed by atoms with Crippen LogP contribution in [0.25, 0.3) is 10.9 Å². The lowest BCUT2D eigenvalue weighted by Gasteiger charge is -2.15. The van der Waals surface area contributed by atoms with E-state index in [4.69, 9.17) is 9.47 Å². The zero-order valence-electron chi connectivity index (χ0n) is 23.0. The Balaban J connectivity index is 0.000000455. The number of likely N-dealkylation sites (N-methyl/N-ethyl adjacent to an activating group) is 1. The zero-order chi connectivity index (χ0) is 28.6. The second-order valence-electron chi connectivity index (χ2n) is 8.53. The summed E-state index contributed by atoms with van der Waals surface area (Å²) in [6.07, 6.45) is 5.29. The van der Waals surface area contributed by atoms with Gasteiger partial charge in [-0.1, -0.05) is 25.3 Å². The number of hydrogen-bond donors (Lipinski definition) is 3. The highest BCUT2D eigenvalue weighted by Crippen LogP contribution is 2.34. The number of carbonyl (C=O) groups is 1. The smallest absolute Gasteiger partial charge is 0.211 e. The molecule has 9 nitrogen and oxygen atoms in total. The highest BCUT2D eigenvalue weighted by atomic mass is 19.1. The van der Waals surface area contributed by atoms with Gasteiger partial charge in [0.25, 0.3) is 0 Å². The van der Waals surface area contributed by atoms with Gasteiger partial charge in [-0.15, -0.1) is 0 Å². The van der Waals surface area contributed by atoms with Crippen LogP contribution in [0.5, 0.6) is 11.5 Å². The SMILES string of the molecule is C=C/C(=C\C(=C)F)NC=O.CNc1ccc(CCNc2ncnc3cc(OCCN(C)C)cc(OC)c23)cc1. The van der Waals surface area contributed by atoms with E-state index in [1.165, 1.54) is 11.6 Å². The molecular formula is C29H37FN6O3. The van der Waals surface area contributed by atoms with Crippen molar-refractivity contribution in [1.82, 2.24) is 20.2 Å². The van der Waals surface area contributed by atoms with Crippen LogP contribution in [0.15, 0.2) is 79.6 Å². The summed E-state index contributed by atoms with van der Waals surface area (Å²) in [5.74, 6) is 1.58. The summed E-state index contributed by atoms with van der Waals surface area (Å²) in [6, 6.07) is 12.2. The Hall–Kier alpha value is -4.44. The van der Waals surface area contributed by atoms with E-state index in [1.807, 2.05) is 33.3 Å². The average molecular weight is 537 g/mol. The zero-order valence-corrected chi connectivity index (χ0v) is 23.0. The molecule has 1 amide bonds. The molecule has 3 aromatic rings. The standard InChI is InChI=1S/C22H29N5O2.C7H8FNO/c1-23-17-7-5-16(6-8-17)9-10-24-22-21-19(25-15-26-22)13-18(14-20(21)28-4)29-12-11-27(2)3;1-3-7(9-5-10)4-6(2)8/h5-8,13-15,23H,9-12H2,1-4H3,(H,24,25,26);3-5H,1-2H2,(H,9,10)/b;7-4+. The van der Waals surface area contributed by atoms with Crippen molar-refractivity contribution in [3.05, 3.63) is 85.1 Å². The number of nitrogens with one attached hydrogen (secondary N) is 3. The molecule has 0 unspecified atom stereocenters. The first-order valence-corrected chi connectivity index (χ1v) is 12.3. The fourth-order valence-electron chi connectivity index (χ4n) is 3.41. The first-order valence-electron chi connectivity index (χ1n) is 12.3. The van der Waals surface area contributed by atoms with Gasteiger partial charge in [-0.25, -0.2) is 14.4 Å². The topological polar surface area (TPSA) is 101 Å². The van der Waals surface area contributed by atoms with E-state index < -0.39 is 5.83 Å². The first-order chi connectivity index (χ1) is 18.8. The summed E-state index contributed by atoms with van der Waals surface area (Å²) in [4.78, 5) is 20.7. The maximum absolute atomic E-state index is 12.0. The van der Waals surface area contributed by atoms with Crippen molar-refractivity contribution in [2.45, 2.75) is 6.42 Å². The Morgan fingerprint density at radius 1 is 1.18 bits per heavy atom. The number of fused-ring (bicyclic) bond motifs is 1. The third-order valence-electron chi connectivity index (χ3n) is 5.41. The highest BCUT2D eigenvalue weighted by molar-refractivity contribution is 5.95. The van der Waals surface area contributed by atoms with Crippen molar-refractivity contribution in [2.24, 2.45) is 0 Å². The molecule has 0 aliphatic rings. The molecule has 0 saturated heterocycles. The summed E-state index contributed by atoms with van der Waals surface area (Å²) in [5, 5.41) is 9.64. The molecule has 0 bridgehead atoms. The predicted octanol–water partition coefficient (Wildman–Crippen LogP) is 4.56. The molecular weight excluding hydrogens is 499 g/mol. The Morgan fingerprint density at radius 2 is 1.92 bits per heavy atom. The summed E-state index contributed by atoms with van der Waals surface area (Å²) in [6.45, 7) is 8.51. The summed E-state index contributed by atoms with van der Waals surface area (Å²) in [5.41, 5.74) is 3.46. The van der Waals surface area contributed by atoms with E-state index in [1.54, 1.807) is 13.4 Å². The average Bonchev–Trinajstić information content (AvgIpc) is 2.92. The molecule has 0 saturated carbocycles. The van der Waals surface area contributed by atoms with E-state index in [-0.39, 0.29) is 0 Å². The largest absolute Gasteiger partial charge is 0.496 e. The quantitative estimate of drug-likeness (QED) is 0.204. The van der Waals surface area contributed by atoms with Gasteiger partial charge in [0.05, 0.1) is 18.0 Å². The molecule has 3 N–H and O–H groups in total. The number of methoxy groups -OCH3 is 1. The Morgan fingerprint density at radius 3 is 2.51 bits per heavy atom. The van der Waals surface area contributed by atoms with E-state index in [2.05, 4.69) is 68.2 Å². The summed E-state index contributed by atoms with van der Waals surface area (Å²) < 4.78 is 23.5. The molecule has 10 heteroatoms. The number of benzene rings is 2. The highest BCUT2D eigenvalue weighted by Gasteiger charge is 2.12. The van der Waals surface area contributed by atoms with Crippen LogP contribution in [0.1, 0.15) is 5.56 Å². The van der Waals surface area contributed by atoms with Crippen LogP contribution in [0.2, 0.25) is 0 Å². The first kappa shape index (κ1) is 30.8. The van der Waals surface area contributed by atoms with Crippen LogP contribution in [-0.2, 0) is 11.2 Å². The third-order valence-corrected chi connectivity index (χ3v) is 5.41. The minimum atomic E-state index is -0.621. The van der Waals surface area contributed by atoms with Crippen molar-refractivity contribution in [1.29, 1.82) is 0 Å². The monoisotopic (exact) mass is 536 g/mol. The Kier molecular flexibility index (Phi) is 13.0. The molecule has 1 heterocycles. The summed E-state index contributed by atoms with van der Waals surface area (Å²) in [7, 11) is 7.61. The van der Waals surface area contributed by atoms with Crippen LogP contribution in [0, 0.1) is 0 Å². The Bertz CT molecular complexity index is 1260. The fourth-order valence-corrected chi connectivity index (χ4v) is 3.41. The van der Waals surface area contributed by atoms with Crippen molar-refractivity contribution in [3.63, 3.8) is 0 Å². The van der Waals surface area contributed by atoms with Gasteiger partial charge in [0.2, 0.25) is 6.41 Å². The molecule has 39 heavy (non-hydrogen) atoms. The molecule has 0 aliphatic heterocycles. The van der Waals surface area contributed by atoms with Crippen molar-refractivity contribution in [3.8, 4) is 11.5 Å². The number of amides is 1. The van der Waals surface area contributed by atoms with Crippen LogP contribution in [0.3, 0.4) is 0 Å². The van der Waals surface area contributed by atoms with E-state index in [0.717, 1.165) is 53.7 Å². The van der Waals surface area contributed by atoms with Gasteiger partial charge in [-0.05, 0) is 50.4 Å². The number of aromatic nitrogens is 2. The van der Waals surface area contributed by atoms with E-state index >= 15 is 0 Å². The number of allylic oxidation sites excluding steroid dienone is 3. The van der Waals surface area contributed by atoms with Gasteiger partial charge in [-0.3, -0.25) is 4.79 Å². The van der Waals surface area contributed by atoms with Crippen molar-refractivity contribution < 1.29 is 18.7 Å². The van der Waals surface area contributed by atoms with Crippen molar-refractivity contribution >= 4 is 28.8 Å². The minimum Gasteiger partial charge on any atom is -0.496 e. The molecule has 1 aromatic heterocycles. The third kappa shape index (κ3) is 10.4. The van der Waals surface area contributed by atoms with Crippen LogP contribution in [-0.4, -0.2) is 69.2 Å². The molecule has 0 spiro atoms. The second kappa shape index (κ2) is 16.4. The number of halogens is 1. The number of rotatable bonds is 14. The number of ether oxygens (including phenoxy) is 2. The van der Waals surface area contributed by atoms with Crippen LogP contribution < -0.4 is 25.4 Å². The number of hydrogen-bond acceptors (Lipinski definition) is 8. The van der Waals surface area contributed by atoms with Gasteiger partial charge in [-0.2, -0.15) is 0 Å². The second-order valence-corrected chi connectivity index (χ2v) is 8.53. The van der Waals surface area contributed by atoms with E-state index in [0.29, 0.717) is 24.5 Å². The molecule has 2 aromatic carbocycles. The predicted molar refractivity (Wildman–Crippen MR) is 156 cm³/mol. The molecule has 3 rings (SSSR count). The van der Waals surface area contributed by atoms with E-state index in [9.17, 15) is 9.18 Å². The van der Waals surface area contributed by atoms with Crippen LogP contribution in [0.4, 0.5) is 15.9 Å². The molecule has 0 radical (unpaired) electrons. The van der Waals surface area contributed by atoms with Gasteiger partial charge in [0.15, 0.2) is 0 Å². The normalized spacial score (nSPS) is 10.8. The lowest BCUT2D eigenvalue weighted by molar-refractivity contribution is -0.108. The van der Waals surface area contributed by atoms with Gasteiger partial charge >= 0.3 is 0 Å². The van der Waals surface area contributed by atoms with Gasteiger partial charge in [0.1, 0.15) is 36.1 Å². The number of carbonyl (C=O) groups excluding carboxylic acids is 1. The molecule has 208 valence electrons. The lowest BCUT2D eigenvalue weighted by Crippen LogP contribution is -2.19. The minimum absolute atomic E-state index is 0.294. The lowest BCUT2D eigenvalue weighted by atomic mass is 10.1. The van der Waals surface area contributed by atoms with Gasteiger partial charge in [0, 0.05) is 43.7 Å². The maximum Gasteiger partial charge on any atom is 0.211 e. The van der Waals surface area contributed by atoms with Crippen LogP contribution >= 0.6 is 0 Å². The van der Waals surface area contributed by atoms with Gasteiger partial charge < -0.3 is 30.3 Å². The number of nitrogens with zero attached hydrogens (tertiary/aromatic N) is 3. The molecule has 0 fully saturated rings. The number of anilines is 2. The maximum atomic E-state index is 12.0. The molecule has 0 atom stereocenters. The molecule has 0 aliphatic carbocycles. The van der Waals surface area contributed by atoms with Crippen molar-refractivity contribution in [2.75, 3.05) is 58.6 Å².